The topological polar surface area (TPSA) is 65.2 Å². The first-order valence-corrected chi connectivity index (χ1v) is 9.13. The number of amides is 2. The predicted octanol–water partition coefficient (Wildman–Crippen LogP) is 3.87. The highest BCUT2D eigenvalue weighted by atomic mass is 19.1. The average molecular weight is 381 g/mol. The van der Waals surface area contributed by atoms with Crippen LogP contribution in [0.2, 0.25) is 0 Å². The maximum atomic E-state index is 13.6. The van der Waals surface area contributed by atoms with Gasteiger partial charge in [0, 0.05) is 29.3 Å². The summed E-state index contributed by atoms with van der Waals surface area (Å²) in [6.45, 7) is 5.66. The summed E-state index contributed by atoms with van der Waals surface area (Å²) in [6, 6.07) is 10.3. The first-order valence-electron chi connectivity index (χ1n) is 9.13. The number of hydrogen-bond donors (Lipinski definition) is 2. The van der Waals surface area contributed by atoms with Crippen LogP contribution < -0.4 is 5.32 Å². The van der Waals surface area contributed by atoms with Gasteiger partial charge in [-0.1, -0.05) is 18.2 Å². The number of nitrogens with one attached hydrogen (secondary N) is 2. The van der Waals surface area contributed by atoms with E-state index in [1.807, 2.05) is 39.0 Å². The fraction of sp³-hybridized carbons (Fsp3) is 0.273. The molecule has 0 aliphatic carbocycles. The second-order valence-electron chi connectivity index (χ2n) is 7.16. The number of H-pyrrole nitrogens is 1. The molecule has 6 heteroatoms. The second kappa shape index (κ2) is 7.84. The smallest absolute Gasteiger partial charge is 0.243 e. The first-order chi connectivity index (χ1) is 13.3. The minimum atomic E-state index is -0.346. The van der Waals surface area contributed by atoms with Gasteiger partial charge in [-0.15, -0.1) is 0 Å². The fourth-order valence-electron chi connectivity index (χ4n) is 3.36. The van der Waals surface area contributed by atoms with Crippen molar-refractivity contribution in [3.8, 4) is 0 Å². The van der Waals surface area contributed by atoms with E-state index in [2.05, 4.69) is 10.3 Å². The lowest BCUT2D eigenvalue weighted by molar-refractivity contribution is -0.132. The molecule has 5 nitrogen and oxygen atoms in total. The summed E-state index contributed by atoms with van der Waals surface area (Å²) in [5.41, 5.74) is 5.08. The molecule has 0 unspecified atom stereocenters. The molecule has 3 rings (SSSR count). The molecule has 0 fully saturated rings. The molecule has 0 saturated heterocycles. The summed E-state index contributed by atoms with van der Waals surface area (Å²) >= 11 is 0. The van der Waals surface area contributed by atoms with Crippen molar-refractivity contribution in [2.45, 2.75) is 27.2 Å². The normalized spacial score (nSPS) is 10.9. The fourth-order valence-corrected chi connectivity index (χ4v) is 3.36. The maximum Gasteiger partial charge on any atom is 0.243 e. The Kier molecular flexibility index (Phi) is 5.49. The van der Waals surface area contributed by atoms with Crippen molar-refractivity contribution < 1.29 is 14.0 Å². The third kappa shape index (κ3) is 4.06. The van der Waals surface area contributed by atoms with Gasteiger partial charge in [0.15, 0.2) is 0 Å². The molecule has 3 aromatic rings. The molecular formula is C22H24FN3O2. The highest BCUT2D eigenvalue weighted by Gasteiger charge is 2.18. The molecular weight excluding hydrogens is 357 g/mol. The lowest BCUT2D eigenvalue weighted by Gasteiger charge is -2.18. The van der Waals surface area contributed by atoms with Crippen LogP contribution in [0.4, 0.5) is 10.1 Å². The van der Waals surface area contributed by atoms with Crippen LogP contribution in [0.5, 0.6) is 0 Å². The van der Waals surface area contributed by atoms with E-state index in [0.717, 1.165) is 33.6 Å². The van der Waals surface area contributed by atoms with Gasteiger partial charge in [-0.2, -0.15) is 0 Å². The van der Waals surface area contributed by atoms with E-state index < -0.39 is 0 Å². The number of likely N-dealkylation sites (N-methyl/N-ethyl adjacent to an activating group) is 1. The molecule has 146 valence electrons. The van der Waals surface area contributed by atoms with E-state index in [-0.39, 0.29) is 30.6 Å². The highest BCUT2D eigenvalue weighted by Crippen LogP contribution is 2.24. The van der Waals surface area contributed by atoms with Gasteiger partial charge in [-0.05, 0) is 55.7 Å². The van der Waals surface area contributed by atoms with E-state index in [4.69, 9.17) is 0 Å². The third-order valence-corrected chi connectivity index (χ3v) is 4.96. The van der Waals surface area contributed by atoms with Crippen LogP contribution in [0.15, 0.2) is 36.4 Å². The molecule has 0 atom stereocenters. The van der Waals surface area contributed by atoms with E-state index >= 15 is 0 Å². The summed E-state index contributed by atoms with van der Waals surface area (Å²) in [5, 5.41) is 3.58. The number of aryl methyl sites for hydroxylation is 3. The Morgan fingerprint density at radius 1 is 1.11 bits per heavy atom. The molecule has 2 aromatic carbocycles. The molecule has 0 radical (unpaired) electrons. The minimum absolute atomic E-state index is 0.0532. The number of nitrogens with zero attached hydrogens (tertiary/aromatic N) is 1. The number of aromatic nitrogens is 1. The van der Waals surface area contributed by atoms with E-state index in [1.165, 1.54) is 17.0 Å². The maximum absolute atomic E-state index is 13.6. The molecule has 2 N–H and O–H groups in total. The van der Waals surface area contributed by atoms with Crippen molar-refractivity contribution >= 4 is 28.4 Å². The van der Waals surface area contributed by atoms with Gasteiger partial charge in [0.2, 0.25) is 11.8 Å². The molecule has 28 heavy (non-hydrogen) atoms. The van der Waals surface area contributed by atoms with Gasteiger partial charge in [-0.3, -0.25) is 9.59 Å². The monoisotopic (exact) mass is 381 g/mol. The van der Waals surface area contributed by atoms with Crippen LogP contribution in [-0.4, -0.2) is 35.3 Å². The average Bonchev–Trinajstić information content (AvgIpc) is 2.93. The molecule has 1 aromatic heterocycles. The Morgan fingerprint density at radius 2 is 1.79 bits per heavy atom. The van der Waals surface area contributed by atoms with Crippen LogP contribution in [0, 0.1) is 26.6 Å². The zero-order valence-corrected chi connectivity index (χ0v) is 16.5. The molecule has 0 saturated carbocycles. The van der Waals surface area contributed by atoms with E-state index in [9.17, 15) is 14.0 Å². The van der Waals surface area contributed by atoms with Crippen molar-refractivity contribution in [1.82, 2.24) is 9.88 Å². The second-order valence-corrected chi connectivity index (χ2v) is 7.16. The van der Waals surface area contributed by atoms with Crippen molar-refractivity contribution in [3.63, 3.8) is 0 Å². The Labute approximate surface area is 163 Å². The number of anilines is 1. The summed E-state index contributed by atoms with van der Waals surface area (Å²) in [6.07, 6.45) is 0.0997. The van der Waals surface area contributed by atoms with Crippen LogP contribution in [0.1, 0.15) is 22.4 Å². The van der Waals surface area contributed by atoms with Crippen molar-refractivity contribution in [2.24, 2.45) is 0 Å². The van der Waals surface area contributed by atoms with Crippen molar-refractivity contribution in [1.29, 1.82) is 0 Å². The number of para-hydroxylation sites is 1. The standard InChI is InChI=1S/C22H24FN3O2/c1-13-6-5-7-14(2)22(13)25-20(27)12-26(4)21(28)11-17-15(3)24-19-9-8-16(23)10-18(17)19/h5-10,24H,11-12H2,1-4H3,(H,25,27). The summed E-state index contributed by atoms with van der Waals surface area (Å²) < 4.78 is 13.6. The number of rotatable bonds is 5. The van der Waals surface area contributed by atoms with Crippen molar-refractivity contribution in [3.05, 3.63) is 64.6 Å². The van der Waals surface area contributed by atoms with Gasteiger partial charge in [0.05, 0.1) is 13.0 Å². The highest BCUT2D eigenvalue weighted by molar-refractivity contribution is 5.96. The number of halogens is 1. The Morgan fingerprint density at radius 3 is 2.46 bits per heavy atom. The third-order valence-electron chi connectivity index (χ3n) is 4.96. The van der Waals surface area contributed by atoms with Crippen LogP contribution in [0.25, 0.3) is 10.9 Å². The molecule has 0 bridgehead atoms. The Balaban J connectivity index is 1.69. The van der Waals surface area contributed by atoms with E-state index in [1.54, 1.807) is 13.1 Å². The van der Waals surface area contributed by atoms with Crippen LogP contribution >= 0.6 is 0 Å². The van der Waals surface area contributed by atoms with Crippen molar-refractivity contribution in [2.75, 3.05) is 18.9 Å². The largest absolute Gasteiger partial charge is 0.358 e. The lowest BCUT2D eigenvalue weighted by atomic mass is 10.1. The Bertz CT molecular complexity index is 1040. The number of aromatic amines is 1. The lowest BCUT2D eigenvalue weighted by Crippen LogP contribution is -2.36. The number of carbonyl (C=O) groups excluding carboxylic acids is 2. The van der Waals surface area contributed by atoms with Gasteiger partial charge < -0.3 is 15.2 Å². The zero-order valence-electron chi connectivity index (χ0n) is 16.5. The first kappa shape index (κ1) is 19.6. The predicted molar refractivity (Wildman–Crippen MR) is 109 cm³/mol. The Hall–Kier alpha value is -3.15. The summed E-state index contributed by atoms with van der Waals surface area (Å²) in [4.78, 5) is 29.6. The van der Waals surface area contributed by atoms with Gasteiger partial charge in [0.1, 0.15) is 5.82 Å². The van der Waals surface area contributed by atoms with Gasteiger partial charge in [-0.25, -0.2) is 4.39 Å². The summed E-state index contributed by atoms with van der Waals surface area (Å²) in [7, 11) is 1.59. The van der Waals surface area contributed by atoms with E-state index in [0.29, 0.717) is 5.39 Å². The molecule has 0 spiro atoms. The molecule has 2 amide bonds. The number of hydrogen-bond acceptors (Lipinski definition) is 2. The quantitative estimate of drug-likeness (QED) is 0.705. The summed E-state index contributed by atoms with van der Waals surface area (Å²) in [5.74, 6) is -0.804. The zero-order chi connectivity index (χ0) is 20.4. The van der Waals surface area contributed by atoms with Gasteiger partial charge in [0.25, 0.3) is 0 Å². The molecule has 0 aliphatic rings. The molecule has 1 heterocycles. The minimum Gasteiger partial charge on any atom is -0.358 e. The van der Waals surface area contributed by atoms with Crippen LogP contribution in [0.3, 0.4) is 0 Å². The molecule has 0 aliphatic heterocycles. The number of carbonyl (C=O) groups is 2. The SMILES string of the molecule is Cc1cccc(C)c1NC(=O)CN(C)C(=O)Cc1c(C)[nH]c2ccc(F)cc12. The van der Waals surface area contributed by atoms with Gasteiger partial charge >= 0.3 is 0 Å². The number of benzene rings is 2. The number of fused-ring (bicyclic) bond motifs is 1. The van der Waals surface area contributed by atoms with Crippen LogP contribution in [-0.2, 0) is 16.0 Å².